The molecule has 80 valence electrons. The van der Waals surface area contributed by atoms with E-state index in [9.17, 15) is 4.79 Å². The second kappa shape index (κ2) is 6.27. The standard InChI is InChI=1S/C13H12N2O/c1-11(16)15-10-2-3-12-4-6-13(7-5-12)8-9-14/h4-7H,8,10H2,1H3,(H,15,16). The van der Waals surface area contributed by atoms with Gasteiger partial charge in [-0.25, -0.2) is 0 Å². The minimum absolute atomic E-state index is 0.0846. The Kier molecular flexibility index (Phi) is 4.63. The minimum Gasteiger partial charge on any atom is -0.345 e. The van der Waals surface area contributed by atoms with Gasteiger partial charge in [-0.1, -0.05) is 24.0 Å². The van der Waals surface area contributed by atoms with Gasteiger partial charge >= 0.3 is 0 Å². The highest BCUT2D eigenvalue weighted by molar-refractivity contribution is 5.73. The number of carbonyl (C=O) groups excluding carboxylic acids is 1. The topological polar surface area (TPSA) is 52.9 Å². The summed E-state index contributed by atoms with van der Waals surface area (Å²) < 4.78 is 0. The minimum atomic E-state index is -0.0846. The number of benzene rings is 1. The number of carbonyl (C=O) groups is 1. The maximum absolute atomic E-state index is 10.6. The molecular formula is C13H12N2O. The molecule has 1 rings (SSSR count). The van der Waals surface area contributed by atoms with Crippen molar-refractivity contribution in [1.82, 2.24) is 5.32 Å². The van der Waals surface area contributed by atoms with E-state index in [0.717, 1.165) is 11.1 Å². The summed E-state index contributed by atoms with van der Waals surface area (Å²) in [4.78, 5) is 10.6. The van der Waals surface area contributed by atoms with Gasteiger partial charge < -0.3 is 5.32 Å². The summed E-state index contributed by atoms with van der Waals surface area (Å²) in [6.07, 6.45) is 0.416. The number of nitrogens with zero attached hydrogens (tertiary/aromatic N) is 1. The molecule has 0 aliphatic rings. The van der Waals surface area contributed by atoms with Crippen LogP contribution in [-0.4, -0.2) is 12.5 Å². The third kappa shape index (κ3) is 4.30. The summed E-state index contributed by atoms with van der Waals surface area (Å²) in [5, 5.41) is 11.1. The molecule has 1 aromatic carbocycles. The third-order valence-electron chi connectivity index (χ3n) is 1.90. The molecule has 0 spiro atoms. The van der Waals surface area contributed by atoms with E-state index in [1.807, 2.05) is 24.3 Å². The molecule has 3 heteroatoms. The van der Waals surface area contributed by atoms with E-state index in [1.54, 1.807) is 0 Å². The zero-order valence-electron chi connectivity index (χ0n) is 9.08. The van der Waals surface area contributed by atoms with E-state index >= 15 is 0 Å². The number of rotatable bonds is 2. The zero-order chi connectivity index (χ0) is 11.8. The summed E-state index contributed by atoms with van der Waals surface area (Å²) in [6, 6.07) is 9.58. The molecule has 1 aromatic rings. The molecule has 0 aliphatic heterocycles. The molecule has 0 fully saturated rings. The Balaban J connectivity index is 2.55. The zero-order valence-corrected chi connectivity index (χ0v) is 9.08. The largest absolute Gasteiger partial charge is 0.345 e. The molecule has 0 radical (unpaired) electrons. The van der Waals surface area contributed by atoms with Crippen molar-refractivity contribution in [3.05, 3.63) is 35.4 Å². The van der Waals surface area contributed by atoms with Gasteiger partial charge in [0.1, 0.15) is 0 Å². The molecular weight excluding hydrogens is 200 g/mol. The fourth-order valence-corrected chi connectivity index (χ4v) is 1.11. The molecule has 16 heavy (non-hydrogen) atoms. The van der Waals surface area contributed by atoms with Crippen LogP contribution < -0.4 is 5.32 Å². The predicted octanol–water partition coefficient (Wildman–Crippen LogP) is 1.24. The highest BCUT2D eigenvalue weighted by atomic mass is 16.1. The van der Waals surface area contributed by atoms with E-state index in [2.05, 4.69) is 23.2 Å². The van der Waals surface area contributed by atoms with Gasteiger partial charge in [0.25, 0.3) is 0 Å². The van der Waals surface area contributed by atoms with Crippen molar-refractivity contribution in [2.24, 2.45) is 0 Å². The lowest BCUT2D eigenvalue weighted by Gasteiger charge is -1.94. The summed E-state index contributed by atoms with van der Waals surface area (Å²) in [5.74, 6) is 5.67. The van der Waals surface area contributed by atoms with E-state index in [0.29, 0.717) is 13.0 Å². The summed E-state index contributed by atoms with van der Waals surface area (Å²) in [5.41, 5.74) is 1.86. The molecule has 0 bridgehead atoms. The predicted molar refractivity (Wildman–Crippen MR) is 61.3 cm³/mol. The number of hydrogen-bond acceptors (Lipinski definition) is 2. The van der Waals surface area contributed by atoms with Gasteiger partial charge in [0.2, 0.25) is 5.91 Å². The van der Waals surface area contributed by atoms with Crippen LogP contribution in [0.15, 0.2) is 24.3 Å². The first-order valence-corrected chi connectivity index (χ1v) is 4.91. The van der Waals surface area contributed by atoms with Crippen LogP contribution in [0.3, 0.4) is 0 Å². The summed E-state index contributed by atoms with van der Waals surface area (Å²) in [7, 11) is 0. The highest BCUT2D eigenvalue weighted by Crippen LogP contribution is 2.03. The second-order valence-electron chi connectivity index (χ2n) is 3.24. The highest BCUT2D eigenvalue weighted by Gasteiger charge is 1.91. The monoisotopic (exact) mass is 212 g/mol. The van der Waals surface area contributed by atoms with Gasteiger partial charge in [-0.05, 0) is 17.7 Å². The number of nitrogens with one attached hydrogen (secondary N) is 1. The fourth-order valence-electron chi connectivity index (χ4n) is 1.11. The van der Waals surface area contributed by atoms with Crippen LogP contribution in [-0.2, 0) is 11.2 Å². The first-order valence-electron chi connectivity index (χ1n) is 4.91. The molecule has 3 nitrogen and oxygen atoms in total. The first kappa shape index (κ1) is 11.8. The average molecular weight is 212 g/mol. The lowest BCUT2D eigenvalue weighted by atomic mass is 10.1. The van der Waals surface area contributed by atoms with Crippen molar-refractivity contribution in [3.8, 4) is 17.9 Å². The van der Waals surface area contributed by atoms with Crippen molar-refractivity contribution in [2.45, 2.75) is 13.3 Å². The molecule has 1 amide bonds. The van der Waals surface area contributed by atoms with Gasteiger partial charge in [-0.3, -0.25) is 4.79 Å². The Labute approximate surface area is 95.1 Å². The molecule has 0 heterocycles. The summed E-state index contributed by atoms with van der Waals surface area (Å²) in [6.45, 7) is 1.81. The maximum Gasteiger partial charge on any atom is 0.217 e. The van der Waals surface area contributed by atoms with E-state index in [4.69, 9.17) is 5.26 Å². The molecule has 0 unspecified atom stereocenters. The van der Waals surface area contributed by atoms with Gasteiger partial charge in [0, 0.05) is 12.5 Å². The molecule has 1 N–H and O–H groups in total. The maximum atomic E-state index is 10.6. The van der Waals surface area contributed by atoms with Crippen LogP contribution >= 0.6 is 0 Å². The number of amides is 1. The van der Waals surface area contributed by atoms with Crippen LogP contribution in [0.1, 0.15) is 18.1 Å². The molecule has 0 saturated carbocycles. The Bertz CT molecular complexity index is 457. The van der Waals surface area contributed by atoms with E-state index < -0.39 is 0 Å². The SMILES string of the molecule is CC(=O)NCC#Cc1ccc(CC#N)cc1. The van der Waals surface area contributed by atoms with Gasteiger partial charge in [0.05, 0.1) is 19.0 Å². The van der Waals surface area contributed by atoms with Crippen molar-refractivity contribution in [2.75, 3.05) is 6.54 Å². The van der Waals surface area contributed by atoms with E-state index in [1.165, 1.54) is 6.92 Å². The van der Waals surface area contributed by atoms with Crippen LogP contribution in [0.2, 0.25) is 0 Å². The Morgan fingerprint density at radius 2 is 2.06 bits per heavy atom. The Morgan fingerprint density at radius 3 is 2.62 bits per heavy atom. The van der Waals surface area contributed by atoms with E-state index in [-0.39, 0.29) is 5.91 Å². The second-order valence-corrected chi connectivity index (χ2v) is 3.24. The smallest absolute Gasteiger partial charge is 0.217 e. The Morgan fingerprint density at radius 1 is 1.38 bits per heavy atom. The van der Waals surface area contributed by atoms with Crippen molar-refractivity contribution < 1.29 is 4.79 Å². The average Bonchev–Trinajstić information content (AvgIpc) is 2.27. The molecule has 0 saturated heterocycles. The van der Waals surface area contributed by atoms with Gasteiger partial charge in [-0.15, -0.1) is 0 Å². The lowest BCUT2D eigenvalue weighted by Crippen LogP contribution is -2.19. The van der Waals surface area contributed by atoms with Crippen LogP contribution in [0.25, 0.3) is 0 Å². The summed E-state index contributed by atoms with van der Waals surface area (Å²) >= 11 is 0. The van der Waals surface area contributed by atoms with Crippen molar-refractivity contribution >= 4 is 5.91 Å². The van der Waals surface area contributed by atoms with Crippen molar-refractivity contribution in [3.63, 3.8) is 0 Å². The Hall–Kier alpha value is -2.26. The normalized spacial score (nSPS) is 8.50. The van der Waals surface area contributed by atoms with Crippen LogP contribution in [0.4, 0.5) is 0 Å². The molecule has 0 atom stereocenters. The van der Waals surface area contributed by atoms with Gasteiger partial charge in [0.15, 0.2) is 0 Å². The fraction of sp³-hybridized carbons (Fsp3) is 0.231. The molecule has 0 aliphatic carbocycles. The third-order valence-corrected chi connectivity index (χ3v) is 1.90. The number of nitriles is 1. The lowest BCUT2D eigenvalue weighted by molar-refractivity contribution is -0.118. The van der Waals surface area contributed by atoms with Gasteiger partial charge in [-0.2, -0.15) is 5.26 Å². The number of hydrogen-bond donors (Lipinski definition) is 1. The van der Waals surface area contributed by atoms with Crippen LogP contribution in [0, 0.1) is 23.2 Å². The van der Waals surface area contributed by atoms with Crippen LogP contribution in [0.5, 0.6) is 0 Å². The van der Waals surface area contributed by atoms with Crippen molar-refractivity contribution in [1.29, 1.82) is 5.26 Å². The first-order chi connectivity index (χ1) is 7.72. The molecule has 0 aromatic heterocycles. The quantitative estimate of drug-likeness (QED) is 0.750.